The number of anilines is 1. The van der Waals surface area contributed by atoms with Gasteiger partial charge in [0.25, 0.3) is 10.0 Å². The molecule has 0 aliphatic carbocycles. The molecule has 0 atom stereocenters. The summed E-state index contributed by atoms with van der Waals surface area (Å²) in [6.45, 7) is 0.133. The number of aryl methyl sites for hydroxylation is 1. The Bertz CT molecular complexity index is 1380. The number of hydrogen-bond donors (Lipinski definition) is 1. The van der Waals surface area contributed by atoms with Gasteiger partial charge in [0.2, 0.25) is 12.7 Å². The average Bonchev–Trinajstić information content (AvgIpc) is 3.45. The molecule has 5 rings (SSSR count). The first-order chi connectivity index (χ1) is 14.5. The summed E-state index contributed by atoms with van der Waals surface area (Å²) in [6.07, 6.45) is 0. The zero-order valence-electron chi connectivity index (χ0n) is 15.8. The van der Waals surface area contributed by atoms with Crippen LogP contribution in [0.4, 0.5) is 5.82 Å². The Morgan fingerprint density at radius 3 is 2.83 bits per heavy atom. The number of nitrogens with one attached hydrogen (secondary N) is 1. The van der Waals surface area contributed by atoms with Gasteiger partial charge in [0, 0.05) is 7.05 Å². The minimum Gasteiger partial charge on any atom is -0.479 e. The molecular weight excluding hydrogens is 430 g/mol. The Hall–Kier alpha value is -3.38. The number of fused-ring (bicyclic) bond motifs is 2. The van der Waals surface area contributed by atoms with Crippen molar-refractivity contribution in [2.45, 2.75) is 4.90 Å². The van der Waals surface area contributed by atoms with E-state index in [0.717, 1.165) is 11.7 Å². The number of hydrogen-bond acceptors (Lipinski definition) is 9. The van der Waals surface area contributed by atoms with E-state index in [2.05, 4.69) is 18.6 Å². The molecule has 1 N–H and O–H groups in total. The molecule has 1 aliphatic heterocycles. The molecule has 0 radical (unpaired) electrons. The molecule has 12 heteroatoms. The van der Waals surface area contributed by atoms with E-state index < -0.39 is 10.0 Å². The van der Waals surface area contributed by atoms with Crippen molar-refractivity contribution in [1.29, 1.82) is 0 Å². The first-order valence-corrected chi connectivity index (χ1v) is 10.9. The van der Waals surface area contributed by atoms with Crippen molar-refractivity contribution in [1.82, 2.24) is 18.5 Å². The van der Waals surface area contributed by atoms with E-state index in [1.54, 1.807) is 37.4 Å². The molecule has 30 heavy (non-hydrogen) atoms. The monoisotopic (exact) mass is 445 g/mol. The molecule has 0 saturated carbocycles. The van der Waals surface area contributed by atoms with Crippen molar-refractivity contribution < 1.29 is 22.6 Å². The minimum absolute atomic E-state index is 0.0329. The number of methoxy groups -OCH3 is 1. The Labute approximate surface area is 175 Å². The Balaban J connectivity index is 1.63. The molecular formula is C18H15N5O5S2. The SMILES string of the molecule is COc1nn(C)c(NS(=O)(=O)c2cccc3nsnc23)c1-c1ccc2c(c1)OCO2. The van der Waals surface area contributed by atoms with Crippen molar-refractivity contribution in [3.05, 3.63) is 36.4 Å². The van der Waals surface area contributed by atoms with E-state index in [1.807, 2.05) is 0 Å². The third-order valence-corrected chi connectivity index (χ3v) is 6.55. The van der Waals surface area contributed by atoms with Gasteiger partial charge in [-0.3, -0.25) is 4.72 Å². The second-order valence-electron chi connectivity index (χ2n) is 6.42. The predicted octanol–water partition coefficient (Wildman–Crippen LogP) is 2.63. The maximum atomic E-state index is 13.2. The lowest BCUT2D eigenvalue weighted by Gasteiger charge is -2.11. The van der Waals surface area contributed by atoms with Gasteiger partial charge in [-0.2, -0.15) is 8.75 Å². The quantitative estimate of drug-likeness (QED) is 0.498. The molecule has 2 aromatic carbocycles. The topological polar surface area (TPSA) is 117 Å². The first-order valence-electron chi connectivity index (χ1n) is 8.73. The first kappa shape index (κ1) is 18.6. The van der Waals surface area contributed by atoms with Gasteiger partial charge in [-0.25, -0.2) is 13.1 Å². The van der Waals surface area contributed by atoms with Crippen LogP contribution in [0.3, 0.4) is 0 Å². The summed E-state index contributed by atoms with van der Waals surface area (Å²) in [5, 5.41) is 4.30. The molecule has 10 nitrogen and oxygen atoms in total. The second-order valence-corrected chi connectivity index (χ2v) is 8.60. The van der Waals surface area contributed by atoms with E-state index >= 15 is 0 Å². The predicted molar refractivity (Wildman–Crippen MR) is 110 cm³/mol. The van der Waals surface area contributed by atoms with Crippen LogP contribution in [0.25, 0.3) is 22.2 Å². The van der Waals surface area contributed by atoms with Crippen LogP contribution in [-0.2, 0) is 17.1 Å². The largest absolute Gasteiger partial charge is 0.479 e. The molecule has 2 aromatic heterocycles. The van der Waals surface area contributed by atoms with Crippen LogP contribution in [-0.4, -0.2) is 40.8 Å². The molecule has 0 unspecified atom stereocenters. The van der Waals surface area contributed by atoms with Crippen LogP contribution in [0.5, 0.6) is 17.4 Å². The Morgan fingerprint density at radius 1 is 1.17 bits per heavy atom. The summed E-state index contributed by atoms with van der Waals surface area (Å²) in [4.78, 5) is 0.0329. The third-order valence-electron chi connectivity index (χ3n) is 4.64. The van der Waals surface area contributed by atoms with E-state index in [4.69, 9.17) is 14.2 Å². The van der Waals surface area contributed by atoms with E-state index in [-0.39, 0.29) is 23.4 Å². The smallest absolute Gasteiger partial charge is 0.265 e. The van der Waals surface area contributed by atoms with E-state index in [9.17, 15) is 8.42 Å². The number of ether oxygens (including phenoxy) is 3. The summed E-state index contributed by atoms with van der Waals surface area (Å²) < 4.78 is 54.9. The van der Waals surface area contributed by atoms with Gasteiger partial charge in [-0.1, -0.05) is 12.1 Å². The van der Waals surface area contributed by atoms with Crippen molar-refractivity contribution in [3.63, 3.8) is 0 Å². The molecule has 0 fully saturated rings. The standard InChI is InChI=1S/C18H15N5O5S2/c1-23-17(22-30(24,25)14-5-3-4-11-16(14)21-29-20-11)15(18(19-23)26-2)10-6-7-12-13(8-10)28-9-27-12/h3-8,22H,9H2,1-2H3. The van der Waals surface area contributed by atoms with Gasteiger partial charge in [-0.15, -0.1) is 5.10 Å². The number of rotatable bonds is 5. The van der Waals surface area contributed by atoms with Gasteiger partial charge in [0.1, 0.15) is 21.7 Å². The van der Waals surface area contributed by atoms with Gasteiger partial charge in [0.05, 0.1) is 24.4 Å². The summed E-state index contributed by atoms with van der Waals surface area (Å²) in [6, 6.07) is 10.1. The van der Waals surface area contributed by atoms with E-state index in [0.29, 0.717) is 33.7 Å². The van der Waals surface area contributed by atoms with Crippen LogP contribution in [0.15, 0.2) is 41.3 Å². The highest BCUT2D eigenvalue weighted by molar-refractivity contribution is 7.93. The van der Waals surface area contributed by atoms with Crippen LogP contribution < -0.4 is 18.9 Å². The lowest BCUT2D eigenvalue weighted by molar-refractivity contribution is 0.174. The lowest BCUT2D eigenvalue weighted by atomic mass is 10.1. The van der Waals surface area contributed by atoms with Crippen LogP contribution in [0, 0.1) is 0 Å². The maximum absolute atomic E-state index is 13.2. The van der Waals surface area contributed by atoms with Gasteiger partial charge in [0.15, 0.2) is 11.5 Å². The van der Waals surface area contributed by atoms with Crippen molar-refractivity contribution in [2.24, 2.45) is 7.05 Å². The molecule has 0 spiro atoms. The normalized spacial score (nSPS) is 13.0. The fourth-order valence-corrected chi connectivity index (χ4v) is 5.12. The molecule has 154 valence electrons. The molecule has 0 amide bonds. The van der Waals surface area contributed by atoms with E-state index in [1.165, 1.54) is 17.9 Å². The summed E-state index contributed by atoms with van der Waals surface area (Å²) in [5.41, 5.74) is 1.97. The Morgan fingerprint density at radius 2 is 2.00 bits per heavy atom. The summed E-state index contributed by atoms with van der Waals surface area (Å²) in [7, 11) is -0.890. The highest BCUT2D eigenvalue weighted by Crippen LogP contribution is 2.42. The number of aromatic nitrogens is 4. The molecule has 0 saturated heterocycles. The van der Waals surface area contributed by atoms with Gasteiger partial charge < -0.3 is 14.2 Å². The van der Waals surface area contributed by atoms with Crippen molar-refractivity contribution in [2.75, 3.05) is 18.6 Å². The number of nitrogens with zero attached hydrogens (tertiary/aromatic N) is 4. The van der Waals surface area contributed by atoms with Gasteiger partial charge >= 0.3 is 0 Å². The van der Waals surface area contributed by atoms with Gasteiger partial charge in [-0.05, 0) is 29.8 Å². The highest BCUT2D eigenvalue weighted by atomic mass is 32.2. The van der Waals surface area contributed by atoms with Crippen LogP contribution in [0.1, 0.15) is 0 Å². The minimum atomic E-state index is -3.99. The highest BCUT2D eigenvalue weighted by Gasteiger charge is 2.27. The fourth-order valence-electron chi connectivity index (χ4n) is 3.25. The number of sulfonamides is 1. The summed E-state index contributed by atoms with van der Waals surface area (Å²) >= 11 is 0.956. The van der Waals surface area contributed by atoms with Crippen LogP contribution in [0.2, 0.25) is 0 Å². The second kappa shape index (κ2) is 6.85. The average molecular weight is 445 g/mol. The third kappa shape index (κ3) is 2.92. The van der Waals surface area contributed by atoms with Crippen molar-refractivity contribution in [3.8, 4) is 28.5 Å². The van der Waals surface area contributed by atoms with Crippen molar-refractivity contribution >= 4 is 38.6 Å². The summed E-state index contributed by atoms with van der Waals surface area (Å²) in [5.74, 6) is 1.69. The molecule has 0 bridgehead atoms. The van der Waals surface area contributed by atoms with Crippen LogP contribution >= 0.6 is 11.7 Å². The zero-order chi connectivity index (χ0) is 20.9. The molecule has 4 aromatic rings. The maximum Gasteiger partial charge on any atom is 0.265 e. The lowest BCUT2D eigenvalue weighted by Crippen LogP contribution is -2.16. The Kier molecular flexibility index (Phi) is 4.25. The number of benzene rings is 2. The molecule has 1 aliphatic rings. The zero-order valence-corrected chi connectivity index (χ0v) is 17.5. The molecule has 3 heterocycles. The fraction of sp³-hybridized carbons (Fsp3) is 0.167.